The van der Waals surface area contributed by atoms with Gasteiger partial charge >= 0.3 is 6.18 Å². The molecule has 37 heavy (non-hydrogen) atoms. The van der Waals surface area contributed by atoms with Crippen molar-refractivity contribution in [2.75, 3.05) is 0 Å². The van der Waals surface area contributed by atoms with Crippen LogP contribution in [0.4, 0.5) is 13.2 Å². The topological polar surface area (TPSA) is 75.9 Å². The highest BCUT2D eigenvalue weighted by Crippen LogP contribution is 2.31. The number of aldehydes is 1. The molecule has 0 N–H and O–H groups in total. The molecule has 0 atom stereocenters. The second-order valence-electron chi connectivity index (χ2n) is 7.83. The van der Waals surface area contributed by atoms with Crippen LogP contribution in [0.1, 0.15) is 38.3 Å². The number of hydrogen-bond acceptors (Lipinski definition) is 5. The minimum atomic E-state index is -4.54. The molecule has 2 aromatic heterocycles. The average molecular weight is 520 g/mol. The third-order valence-corrected chi connectivity index (χ3v) is 5.70. The Morgan fingerprint density at radius 1 is 1.03 bits per heavy atom. The maximum atomic E-state index is 13.0. The molecule has 0 aliphatic carbocycles. The van der Waals surface area contributed by atoms with E-state index in [9.17, 15) is 23.2 Å². The largest absolute Gasteiger partial charge is 0.488 e. The van der Waals surface area contributed by atoms with E-state index in [0.29, 0.717) is 23.1 Å². The predicted molar refractivity (Wildman–Crippen MR) is 134 cm³/mol. The monoisotopic (exact) mass is 519 g/mol. The van der Waals surface area contributed by atoms with Crippen LogP contribution in [0.3, 0.4) is 0 Å². The summed E-state index contributed by atoms with van der Waals surface area (Å²) < 4.78 is 44.6. The van der Waals surface area contributed by atoms with Gasteiger partial charge in [0.25, 0.3) is 0 Å². The number of benzene rings is 2. The van der Waals surface area contributed by atoms with E-state index < -0.39 is 11.7 Å². The molecule has 0 aliphatic rings. The summed E-state index contributed by atoms with van der Waals surface area (Å²) in [5.74, 6) is 0.128. The Morgan fingerprint density at radius 3 is 2.51 bits per heavy atom. The molecule has 184 valence electrons. The van der Waals surface area contributed by atoms with Gasteiger partial charge in [-0.05, 0) is 41.5 Å². The predicted octanol–water partition coefficient (Wildman–Crippen LogP) is 7.25. The van der Waals surface area contributed by atoms with Gasteiger partial charge in [-0.15, -0.1) is 0 Å². The van der Waals surface area contributed by atoms with Crippen molar-refractivity contribution in [2.24, 2.45) is 0 Å². The number of nitriles is 1. The van der Waals surface area contributed by atoms with Crippen LogP contribution in [0, 0.1) is 11.3 Å². The van der Waals surface area contributed by atoms with Gasteiger partial charge in [-0.1, -0.05) is 48.0 Å². The molecule has 0 saturated heterocycles. The third-order valence-electron chi connectivity index (χ3n) is 5.37. The van der Waals surface area contributed by atoms with Gasteiger partial charge in [0, 0.05) is 34.7 Å². The van der Waals surface area contributed by atoms with Gasteiger partial charge < -0.3 is 4.74 Å². The summed E-state index contributed by atoms with van der Waals surface area (Å²) in [7, 11) is 0. The Morgan fingerprint density at radius 2 is 1.81 bits per heavy atom. The Hall–Kier alpha value is -4.48. The van der Waals surface area contributed by atoms with E-state index in [2.05, 4.69) is 16.0 Å². The summed E-state index contributed by atoms with van der Waals surface area (Å²) in [5.41, 5.74) is 2.24. The number of nitrogens with zero attached hydrogens (tertiary/aromatic N) is 3. The summed E-state index contributed by atoms with van der Waals surface area (Å²) in [6.07, 6.45) is 2.81. The van der Waals surface area contributed by atoms with Crippen LogP contribution in [0.25, 0.3) is 23.3 Å². The fraction of sp³-hybridized carbons (Fsp3) is 0.0714. The zero-order valence-electron chi connectivity index (χ0n) is 19.0. The quantitative estimate of drug-likeness (QED) is 0.240. The number of rotatable bonds is 7. The lowest BCUT2D eigenvalue weighted by molar-refractivity contribution is -0.137. The molecule has 0 radical (unpaired) electrons. The Labute approximate surface area is 215 Å². The van der Waals surface area contributed by atoms with Gasteiger partial charge in [-0.3, -0.25) is 14.8 Å². The van der Waals surface area contributed by atoms with Gasteiger partial charge in [0.2, 0.25) is 0 Å². The van der Waals surface area contributed by atoms with Crippen molar-refractivity contribution in [1.29, 1.82) is 5.26 Å². The van der Waals surface area contributed by atoms with E-state index in [1.54, 1.807) is 24.4 Å². The van der Waals surface area contributed by atoms with Gasteiger partial charge in [0.1, 0.15) is 18.4 Å². The van der Waals surface area contributed by atoms with Crippen molar-refractivity contribution < 1.29 is 22.7 Å². The normalized spacial score (nSPS) is 11.3. The van der Waals surface area contributed by atoms with Gasteiger partial charge in [-0.2, -0.15) is 18.4 Å². The molecule has 0 bridgehead atoms. The number of carbonyl (C=O) groups is 1. The number of carbonyl (C=O) groups excluding carboxylic acids is 1. The first-order chi connectivity index (χ1) is 17.8. The highest BCUT2D eigenvalue weighted by molar-refractivity contribution is 6.32. The third kappa shape index (κ3) is 6.02. The molecule has 4 rings (SSSR count). The number of aromatic nitrogens is 2. The second kappa shape index (κ2) is 11.1. The minimum absolute atomic E-state index is 0.128. The molecular weight excluding hydrogens is 503 g/mol. The van der Waals surface area contributed by atoms with Crippen molar-refractivity contribution in [2.45, 2.75) is 12.8 Å². The summed E-state index contributed by atoms with van der Waals surface area (Å²) >= 11 is 6.35. The summed E-state index contributed by atoms with van der Waals surface area (Å²) in [6.45, 7) is -0.248. The van der Waals surface area contributed by atoms with Crippen molar-refractivity contribution in [3.63, 3.8) is 0 Å². The van der Waals surface area contributed by atoms with Crippen LogP contribution in [0.15, 0.2) is 73.2 Å². The molecular formula is C28H17ClF3N3O2. The average Bonchev–Trinajstić information content (AvgIpc) is 2.91. The second-order valence-corrected chi connectivity index (χ2v) is 8.23. The first-order valence-corrected chi connectivity index (χ1v) is 11.2. The summed E-state index contributed by atoms with van der Waals surface area (Å²) in [4.78, 5) is 19.5. The van der Waals surface area contributed by atoms with Crippen molar-refractivity contribution in [1.82, 2.24) is 9.97 Å². The number of ether oxygens (including phenoxy) is 1. The Balaban J connectivity index is 1.63. The van der Waals surface area contributed by atoms with Gasteiger partial charge in [-0.25, -0.2) is 0 Å². The number of pyridine rings is 2. The molecule has 2 aromatic carbocycles. The first kappa shape index (κ1) is 25.6. The van der Waals surface area contributed by atoms with E-state index in [1.165, 1.54) is 18.3 Å². The zero-order valence-corrected chi connectivity index (χ0v) is 19.8. The molecule has 0 fully saturated rings. The van der Waals surface area contributed by atoms with Gasteiger partial charge in [0.15, 0.2) is 6.29 Å². The van der Waals surface area contributed by atoms with E-state index in [1.807, 2.05) is 30.3 Å². The minimum Gasteiger partial charge on any atom is -0.488 e. The van der Waals surface area contributed by atoms with Crippen molar-refractivity contribution in [3.8, 4) is 22.9 Å². The smallest absolute Gasteiger partial charge is 0.417 e. The van der Waals surface area contributed by atoms with Crippen LogP contribution in [0.5, 0.6) is 5.75 Å². The number of hydrogen-bond donors (Lipinski definition) is 0. The molecule has 5 nitrogen and oxygen atoms in total. The molecule has 0 saturated carbocycles. The molecule has 0 unspecified atom stereocenters. The molecule has 0 spiro atoms. The van der Waals surface area contributed by atoms with Crippen LogP contribution < -0.4 is 4.74 Å². The fourth-order valence-corrected chi connectivity index (χ4v) is 3.80. The maximum Gasteiger partial charge on any atom is 0.417 e. The van der Waals surface area contributed by atoms with Crippen LogP contribution in [-0.4, -0.2) is 16.3 Å². The van der Waals surface area contributed by atoms with Crippen molar-refractivity contribution >= 4 is 30.0 Å². The molecule has 9 heteroatoms. The molecule has 0 aliphatic heterocycles. The molecule has 4 aromatic rings. The lowest BCUT2D eigenvalue weighted by atomic mass is 9.99. The zero-order chi connectivity index (χ0) is 26.4. The van der Waals surface area contributed by atoms with Crippen molar-refractivity contribution in [3.05, 3.63) is 112 Å². The van der Waals surface area contributed by atoms with Crippen LogP contribution in [0.2, 0.25) is 5.02 Å². The number of alkyl halides is 3. The van der Waals surface area contributed by atoms with Gasteiger partial charge in [0.05, 0.1) is 22.4 Å². The van der Waals surface area contributed by atoms with E-state index >= 15 is 0 Å². The lowest BCUT2D eigenvalue weighted by Gasteiger charge is -2.12. The highest BCUT2D eigenvalue weighted by Gasteiger charge is 2.31. The molecule has 2 heterocycles. The van der Waals surface area contributed by atoms with E-state index in [-0.39, 0.29) is 28.5 Å². The first-order valence-electron chi connectivity index (χ1n) is 10.9. The standard InChI is InChI=1S/C28H17ClF3N3O2/c29-25-11-21(16-36)27(37-17-18-10-22(15-34-14-18)28(30,31)32)12-20(25)6-7-26-24(13-33)23(8-9-35-26)19-4-2-1-3-5-19/h1-12,14-16H,17H2/b7-6+. The maximum absolute atomic E-state index is 13.0. The highest BCUT2D eigenvalue weighted by atomic mass is 35.5. The molecule has 0 amide bonds. The van der Waals surface area contributed by atoms with E-state index in [0.717, 1.165) is 23.4 Å². The lowest BCUT2D eigenvalue weighted by Crippen LogP contribution is -2.07. The van der Waals surface area contributed by atoms with Crippen LogP contribution >= 0.6 is 11.6 Å². The Kier molecular flexibility index (Phi) is 7.66. The SMILES string of the molecule is N#Cc1c(-c2ccccc2)ccnc1/C=C/c1cc(OCc2cncc(C(F)(F)F)c2)c(C=O)cc1Cl. The van der Waals surface area contributed by atoms with E-state index in [4.69, 9.17) is 16.3 Å². The van der Waals surface area contributed by atoms with Crippen LogP contribution in [-0.2, 0) is 12.8 Å². The summed E-state index contributed by atoms with van der Waals surface area (Å²) in [6, 6.07) is 17.2. The fourth-order valence-electron chi connectivity index (χ4n) is 3.56. The summed E-state index contributed by atoms with van der Waals surface area (Å²) in [5, 5.41) is 10.0. The number of halogens is 4. The Bertz CT molecular complexity index is 1510.